The van der Waals surface area contributed by atoms with Gasteiger partial charge in [-0.25, -0.2) is 4.39 Å². The van der Waals surface area contributed by atoms with Crippen molar-refractivity contribution in [2.24, 2.45) is 0 Å². The van der Waals surface area contributed by atoms with Crippen LogP contribution in [0.25, 0.3) is 6.08 Å². The van der Waals surface area contributed by atoms with Gasteiger partial charge in [0.15, 0.2) is 17.3 Å². The standard InChI is InChI=1S/C18H14FNO4/c1-11(21)13-8-16-17(24-10-23-16)9-15(13)20-18(22)7-6-12-4-2-3-5-14(12)19/h2-9H,10H2,1H3,(H,20,22)/b7-6+. The topological polar surface area (TPSA) is 64.6 Å². The molecule has 122 valence electrons. The highest BCUT2D eigenvalue weighted by molar-refractivity contribution is 6.08. The Kier molecular flexibility index (Phi) is 4.29. The zero-order valence-electron chi connectivity index (χ0n) is 12.8. The fourth-order valence-electron chi connectivity index (χ4n) is 2.29. The van der Waals surface area contributed by atoms with Crippen LogP contribution in [0.1, 0.15) is 22.8 Å². The lowest BCUT2D eigenvalue weighted by atomic mass is 10.1. The van der Waals surface area contributed by atoms with Crippen molar-refractivity contribution in [2.45, 2.75) is 6.92 Å². The van der Waals surface area contributed by atoms with Gasteiger partial charge in [-0.3, -0.25) is 9.59 Å². The first-order valence-corrected chi connectivity index (χ1v) is 7.23. The van der Waals surface area contributed by atoms with Gasteiger partial charge in [0.05, 0.1) is 5.69 Å². The quantitative estimate of drug-likeness (QED) is 0.690. The largest absolute Gasteiger partial charge is 0.454 e. The van der Waals surface area contributed by atoms with E-state index in [-0.39, 0.29) is 12.6 Å². The van der Waals surface area contributed by atoms with Gasteiger partial charge in [0.25, 0.3) is 0 Å². The summed E-state index contributed by atoms with van der Waals surface area (Å²) >= 11 is 0. The predicted octanol–water partition coefficient (Wildman–Crippen LogP) is 3.41. The normalized spacial score (nSPS) is 12.4. The van der Waals surface area contributed by atoms with Gasteiger partial charge in [-0.05, 0) is 25.1 Å². The minimum atomic E-state index is -0.486. The number of rotatable bonds is 4. The van der Waals surface area contributed by atoms with Gasteiger partial charge in [0.2, 0.25) is 12.7 Å². The van der Waals surface area contributed by atoms with Crippen LogP contribution in [0.5, 0.6) is 11.5 Å². The van der Waals surface area contributed by atoms with Crippen molar-refractivity contribution in [2.75, 3.05) is 12.1 Å². The Morgan fingerprint density at radius 1 is 1.17 bits per heavy atom. The molecule has 0 aromatic heterocycles. The molecule has 5 nitrogen and oxygen atoms in total. The first kappa shape index (κ1) is 15.7. The molecular formula is C18H14FNO4. The molecule has 0 unspecified atom stereocenters. The average Bonchev–Trinajstić information content (AvgIpc) is 3.00. The summed E-state index contributed by atoms with van der Waals surface area (Å²) in [7, 11) is 0. The number of hydrogen-bond acceptors (Lipinski definition) is 4. The predicted molar refractivity (Wildman–Crippen MR) is 86.6 cm³/mol. The van der Waals surface area contributed by atoms with Gasteiger partial charge in [-0.15, -0.1) is 0 Å². The molecule has 2 aromatic rings. The molecule has 24 heavy (non-hydrogen) atoms. The zero-order valence-corrected chi connectivity index (χ0v) is 12.8. The lowest BCUT2D eigenvalue weighted by Crippen LogP contribution is -2.11. The van der Waals surface area contributed by atoms with E-state index in [0.29, 0.717) is 28.3 Å². The van der Waals surface area contributed by atoms with Gasteiger partial charge in [-0.2, -0.15) is 0 Å². The third-order valence-electron chi connectivity index (χ3n) is 3.47. The fourth-order valence-corrected chi connectivity index (χ4v) is 2.29. The minimum Gasteiger partial charge on any atom is -0.454 e. The van der Waals surface area contributed by atoms with Gasteiger partial charge < -0.3 is 14.8 Å². The van der Waals surface area contributed by atoms with Crippen LogP contribution in [0.4, 0.5) is 10.1 Å². The number of Topliss-reactive ketones (excluding diaryl/α,β-unsaturated/α-hetero) is 1. The van der Waals surface area contributed by atoms with Gasteiger partial charge in [0, 0.05) is 23.3 Å². The van der Waals surface area contributed by atoms with E-state index in [1.54, 1.807) is 18.2 Å². The molecule has 1 aliphatic rings. The molecule has 0 atom stereocenters. The number of carbonyl (C=O) groups is 2. The third-order valence-corrected chi connectivity index (χ3v) is 3.47. The van der Waals surface area contributed by atoms with Crippen molar-refractivity contribution < 1.29 is 23.5 Å². The number of halogens is 1. The lowest BCUT2D eigenvalue weighted by Gasteiger charge is -2.09. The second-order valence-corrected chi connectivity index (χ2v) is 5.15. The Hall–Kier alpha value is -3.15. The van der Waals surface area contributed by atoms with E-state index in [1.165, 1.54) is 37.3 Å². The second kappa shape index (κ2) is 6.54. The summed E-state index contributed by atoms with van der Waals surface area (Å²) in [6.45, 7) is 1.46. The zero-order chi connectivity index (χ0) is 17.1. The van der Waals surface area contributed by atoms with Crippen molar-refractivity contribution in [1.82, 2.24) is 0 Å². The maximum atomic E-state index is 13.5. The molecule has 1 amide bonds. The molecule has 2 aromatic carbocycles. The van der Waals surface area contributed by atoms with E-state index in [2.05, 4.69) is 5.32 Å². The molecule has 0 fully saturated rings. The van der Waals surface area contributed by atoms with Gasteiger partial charge in [0.1, 0.15) is 5.82 Å². The van der Waals surface area contributed by atoms with Crippen molar-refractivity contribution in [1.29, 1.82) is 0 Å². The summed E-state index contributed by atoms with van der Waals surface area (Å²) in [5, 5.41) is 2.61. The average molecular weight is 327 g/mol. The molecule has 0 radical (unpaired) electrons. The first-order chi connectivity index (χ1) is 11.5. The Labute approximate surface area is 137 Å². The third kappa shape index (κ3) is 3.27. The highest BCUT2D eigenvalue weighted by atomic mass is 19.1. The number of nitrogens with one attached hydrogen (secondary N) is 1. The molecule has 1 heterocycles. The Morgan fingerprint density at radius 2 is 1.88 bits per heavy atom. The van der Waals surface area contributed by atoms with Crippen molar-refractivity contribution in [3.8, 4) is 11.5 Å². The Balaban J connectivity index is 1.82. The molecule has 3 rings (SSSR count). The molecule has 0 saturated carbocycles. The second-order valence-electron chi connectivity index (χ2n) is 5.15. The molecule has 0 aliphatic carbocycles. The highest BCUT2D eigenvalue weighted by Crippen LogP contribution is 2.37. The van der Waals surface area contributed by atoms with E-state index < -0.39 is 11.7 Å². The van der Waals surface area contributed by atoms with Gasteiger partial charge in [-0.1, -0.05) is 18.2 Å². The summed E-state index contributed by atoms with van der Waals surface area (Å²) in [6.07, 6.45) is 2.57. The summed E-state index contributed by atoms with van der Waals surface area (Å²) in [6, 6.07) is 9.17. The number of fused-ring (bicyclic) bond motifs is 1. The summed E-state index contributed by atoms with van der Waals surface area (Å²) < 4.78 is 24.0. The van der Waals surface area contributed by atoms with E-state index in [4.69, 9.17) is 9.47 Å². The molecule has 0 spiro atoms. The number of hydrogen-bond donors (Lipinski definition) is 1. The van der Waals surface area contributed by atoms with Crippen LogP contribution >= 0.6 is 0 Å². The molecular weight excluding hydrogens is 313 g/mol. The van der Waals surface area contributed by atoms with Crippen LogP contribution in [-0.2, 0) is 4.79 Å². The number of carbonyl (C=O) groups excluding carboxylic acids is 2. The Morgan fingerprint density at radius 3 is 2.58 bits per heavy atom. The van der Waals surface area contributed by atoms with Crippen LogP contribution in [0, 0.1) is 5.82 Å². The molecule has 1 N–H and O–H groups in total. The molecule has 1 aliphatic heterocycles. The number of anilines is 1. The summed E-state index contributed by atoms with van der Waals surface area (Å²) in [5.74, 6) is -0.219. The SMILES string of the molecule is CC(=O)c1cc2c(cc1NC(=O)/C=C/c1ccccc1F)OCO2. The highest BCUT2D eigenvalue weighted by Gasteiger charge is 2.19. The molecule has 0 saturated heterocycles. The van der Waals surface area contributed by atoms with E-state index >= 15 is 0 Å². The van der Waals surface area contributed by atoms with Crippen LogP contribution in [0.2, 0.25) is 0 Å². The van der Waals surface area contributed by atoms with Crippen LogP contribution in [-0.4, -0.2) is 18.5 Å². The van der Waals surface area contributed by atoms with Gasteiger partial charge >= 0.3 is 0 Å². The smallest absolute Gasteiger partial charge is 0.248 e. The van der Waals surface area contributed by atoms with Crippen LogP contribution in [0.3, 0.4) is 0 Å². The minimum absolute atomic E-state index is 0.0667. The summed E-state index contributed by atoms with van der Waals surface area (Å²) in [4.78, 5) is 23.8. The number of ether oxygens (including phenoxy) is 2. The van der Waals surface area contributed by atoms with E-state index in [0.717, 1.165) is 0 Å². The van der Waals surface area contributed by atoms with Crippen LogP contribution < -0.4 is 14.8 Å². The van der Waals surface area contributed by atoms with Crippen LogP contribution in [0.15, 0.2) is 42.5 Å². The Bertz CT molecular complexity index is 845. The maximum Gasteiger partial charge on any atom is 0.248 e. The first-order valence-electron chi connectivity index (χ1n) is 7.23. The number of benzene rings is 2. The van der Waals surface area contributed by atoms with E-state index in [9.17, 15) is 14.0 Å². The molecule has 0 bridgehead atoms. The lowest BCUT2D eigenvalue weighted by molar-refractivity contribution is -0.111. The van der Waals surface area contributed by atoms with Crippen molar-refractivity contribution in [3.63, 3.8) is 0 Å². The number of ketones is 1. The number of amides is 1. The van der Waals surface area contributed by atoms with E-state index in [1.807, 2.05) is 0 Å². The summed E-state index contributed by atoms with van der Waals surface area (Å²) in [5.41, 5.74) is 0.923. The monoisotopic (exact) mass is 327 g/mol. The fraction of sp³-hybridized carbons (Fsp3) is 0.111. The molecule has 6 heteroatoms. The maximum absolute atomic E-state index is 13.5. The van der Waals surface area contributed by atoms with Crippen molar-refractivity contribution >= 4 is 23.5 Å². The van der Waals surface area contributed by atoms with Crippen molar-refractivity contribution in [3.05, 3.63) is 59.4 Å².